The molecule has 230 valence electrons. The topological polar surface area (TPSA) is 25.3 Å². The van der Waals surface area contributed by atoms with Gasteiger partial charge in [-0.2, -0.15) is 0 Å². The van der Waals surface area contributed by atoms with Crippen LogP contribution in [0.5, 0.6) is 0 Å². The molecule has 0 saturated heterocycles. The third-order valence-corrected chi connectivity index (χ3v) is 8.96. The van der Waals surface area contributed by atoms with Crippen LogP contribution in [0.4, 0.5) is 0 Å². The molecule has 1 aliphatic rings. The number of benzene rings is 2. The quantitative estimate of drug-likeness (QED) is 0.0997. The van der Waals surface area contributed by atoms with Crippen LogP contribution in [0.25, 0.3) is 16.9 Å². The number of hydrogen-bond acceptors (Lipinski definition) is 0. The zero-order valence-electron chi connectivity index (χ0n) is 27.7. The predicted octanol–water partition coefficient (Wildman–Crippen LogP) is 13.0. The molecule has 0 spiro atoms. The maximum atomic E-state index is 12.0. The minimum atomic E-state index is 1.02. The number of nitrogens with zero attached hydrogens (tertiary/aromatic N) is 2. The Labute approximate surface area is 259 Å². The van der Waals surface area contributed by atoms with E-state index in [0.717, 1.165) is 62.8 Å². The van der Waals surface area contributed by atoms with Crippen LogP contribution >= 0.6 is 0 Å². The van der Waals surface area contributed by atoms with E-state index in [-0.39, 0.29) is 0 Å². The van der Waals surface area contributed by atoms with E-state index in [2.05, 4.69) is 76.2 Å². The molecule has 0 aromatic heterocycles. The van der Waals surface area contributed by atoms with E-state index < -0.39 is 0 Å². The fourth-order valence-electron chi connectivity index (χ4n) is 6.46. The summed E-state index contributed by atoms with van der Waals surface area (Å²) < 4.78 is 1.57. The molecule has 0 fully saturated rings. The third-order valence-electron chi connectivity index (χ3n) is 8.96. The van der Waals surface area contributed by atoms with Crippen molar-refractivity contribution in [3.05, 3.63) is 87.5 Å². The van der Waals surface area contributed by atoms with Gasteiger partial charge in [0.1, 0.15) is 0 Å². The van der Waals surface area contributed by atoms with Crippen LogP contribution in [-0.4, -0.2) is 4.70 Å². The van der Waals surface area contributed by atoms with Crippen LogP contribution in [-0.2, 0) is 12.8 Å². The van der Waals surface area contributed by atoms with E-state index in [1.165, 1.54) is 110 Å². The monoisotopic (exact) mass is 568 g/mol. The predicted molar refractivity (Wildman–Crippen MR) is 184 cm³/mol. The summed E-state index contributed by atoms with van der Waals surface area (Å²) in [5.41, 5.74) is 21.9. The zero-order chi connectivity index (χ0) is 30.0. The van der Waals surface area contributed by atoms with Gasteiger partial charge < -0.3 is 5.53 Å². The van der Waals surface area contributed by atoms with Gasteiger partial charge in [-0.25, -0.2) is 4.70 Å². The summed E-state index contributed by atoms with van der Waals surface area (Å²) in [7, 11) is 0. The number of unbranched alkanes of at least 4 members (excludes halogenated alkanes) is 12. The lowest BCUT2D eigenvalue weighted by molar-refractivity contribution is -0.345. The Balaban J connectivity index is 1.87. The molecule has 0 aliphatic carbocycles. The SMILES string of the molecule is CCCCCCCCc1cccc(C2=C(CCCC)C(CCCC)=C(c3cccc(CCCCCCCC)c3)[N+]2=[N-])c1. The Morgan fingerprint density at radius 1 is 0.452 bits per heavy atom. The smallest absolute Gasteiger partial charge is 0.211 e. The van der Waals surface area contributed by atoms with Gasteiger partial charge in [-0.1, -0.05) is 129 Å². The second-order valence-corrected chi connectivity index (χ2v) is 12.6. The van der Waals surface area contributed by atoms with Gasteiger partial charge in [0.15, 0.2) is 0 Å². The Hall–Kier alpha value is -2.48. The summed E-state index contributed by atoms with van der Waals surface area (Å²) in [6, 6.07) is 18.1. The molecule has 2 nitrogen and oxygen atoms in total. The van der Waals surface area contributed by atoms with Crippen LogP contribution in [0.2, 0.25) is 0 Å². The number of aryl methyl sites for hydroxylation is 2. The van der Waals surface area contributed by atoms with Crippen molar-refractivity contribution in [3.8, 4) is 0 Å². The van der Waals surface area contributed by atoms with E-state index in [0.29, 0.717) is 0 Å². The Morgan fingerprint density at radius 3 is 1.24 bits per heavy atom. The molecule has 0 atom stereocenters. The first-order chi connectivity index (χ1) is 20.6. The first-order valence-corrected chi connectivity index (χ1v) is 17.8. The molecule has 0 unspecified atom stereocenters. The Bertz CT molecular complexity index is 1060. The standard InChI is InChI=1S/C40H60N2/c1-5-9-13-15-17-19-23-33-25-21-27-35(31-33)39-37(29-11-7-3)38(30-12-8-4)40(42(39)41)36-28-22-26-34(32-36)24-20-18-16-14-10-6-2/h21-22,25-28,31-32H,5-20,23-24,29-30H2,1-4H3. The van der Waals surface area contributed by atoms with Gasteiger partial charge in [-0.3, -0.25) is 0 Å². The maximum absolute atomic E-state index is 12.0. The first-order valence-electron chi connectivity index (χ1n) is 17.8. The zero-order valence-corrected chi connectivity index (χ0v) is 27.7. The molecule has 2 heteroatoms. The average molecular weight is 569 g/mol. The number of allylic oxidation sites excluding steroid dienone is 2. The molecule has 0 amide bonds. The molecular formula is C40H60N2. The lowest BCUT2D eigenvalue weighted by atomic mass is 9.91. The van der Waals surface area contributed by atoms with Crippen LogP contribution in [0, 0.1) is 0 Å². The highest BCUT2D eigenvalue weighted by Gasteiger charge is 2.35. The van der Waals surface area contributed by atoms with Crippen molar-refractivity contribution in [2.45, 2.75) is 156 Å². The van der Waals surface area contributed by atoms with Crippen LogP contribution in [0.1, 0.15) is 166 Å². The molecule has 1 heterocycles. The van der Waals surface area contributed by atoms with Crippen LogP contribution in [0.3, 0.4) is 0 Å². The van der Waals surface area contributed by atoms with Crippen LogP contribution in [0.15, 0.2) is 59.7 Å². The van der Waals surface area contributed by atoms with Crippen molar-refractivity contribution in [3.63, 3.8) is 0 Å². The van der Waals surface area contributed by atoms with E-state index >= 15 is 0 Å². The molecule has 0 radical (unpaired) electrons. The molecule has 0 saturated carbocycles. The van der Waals surface area contributed by atoms with Gasteiger partial charge >= 0.3 is 0 Å². The summed E-state index contributed by atoms with van der Waals surface area (Å²) in [6.07, 6.45) is 24.7. The van der Waals surface area contributed by atoms with E-state index in [1.54, 1.807) is 4.70 Å². The summed E-state index contributed by atoms with van der Waals surface area (Å²) in [5, 5.41) is 0. The molecule has 0 N–H and O–H groups in total. The van der Waals surface area contributed by atoms with E-state index in [4.69, 9.17) is 0 Å². The van der Waals surface area contributed by atoms with Gasteiger partial charge in [0.2, 0.25) is 11.4 Å². The second kappa shape index (κ2) is 19.7. The maximum Gasteiger partial charge on any atom is 0.211 e. The molecular weight excluding hydrogens is 508 g/mol. The Morgan fingerprint density at radius 2 is 0.833 bits per heavy atom. The Kier molecular flexibility index (Phi) is 15.9. The summed E-state index contributed by atoms with van der Waals surface area (Å²) >= 11 is 0. The van der Waals surface area contributed by atoms with Gasteiger partial charge in [0.05, 0.1) is 0 Å². The lowest BCUT2D eigenvalue weighted by Crippen LogP contribution is -2.03. The van der Waals surface area contributed by atoms with E-state index in [1.807, 2.05) is 0 Å². The molecule has 1 aliphatic heterocycles. The first kappa shape index (κ1) is 34.0. The van der Waals surface area contributed by atoms with Crippen molar-refractivity contribution in [2.24, 2.45) is 0 Å². The fraction of sp³-hybridized carbons (Fsp3) is 0.600. The van der Waals surface area contributed by atoms with Gasteiger partial charge in [-0.15, -0.1) is 0 Å². The highest BCUT2D eigenvalue weighted by molar-refractivity contribution is 5.82. The largest absolute Gasteiger partial charge is 0.493 e. The molecule has 2 aromatic carbocycles. The number of rotatable bonds is 22. The number of hydrogen-bond donors (Lipinski definition) is 0. The van der Waals surface area contributed by atoms with Gasteiger partial charge in [-0.05, 0) is 86.8 Å². The van der Waals surface area contributed by atoms with Crippen molar-refractivity contribution in [1.82, 2.24) is 0 Å². The average Bonchev–Trinajstić information content (AvgIpc) is 3.29. The van der Waals surface area contributed by atoms with E-state index in [9.17, 15) is 5.53 Å². The summed E-state index contributed by atoms with van der Waals surface area (Å²) in [6.45, 7) is 9.11. The van der Waals surface area contributed by atoms with Crippen molar-refractivity contribution in [1.29, 1.82) is 0 Å². The second-order valence-electron chi connectivity index (χ2n) is 12.6. The van der Waals surface area contributed by atoms with Gasteiger partial charge in [0, 0.05) is 22.3 Å². The summed E-state index contributed by atoms with van der Waals surface area (Å²) in [4.78, 5) is 0. The molecule has 2 aromatic rings. The van der Waals surface area contributed by atoms with Crippen molar-refractivity contribution in [2.75, 3.05) is 0 Å². The normalized spacial score (nSPS) is 13.6. The summed E-state index contributed by atoms with van der Waals surface area (Å²) in [5.74, 6) is 0. The highest BCUT2D eigenvalue weighted by atomic mass is 15.2. The minimum absolute atomic E-state index is 1.02. The van der Waals surface area contributed by atoms with Crippen molar-refractivity contribution < 1.29 is 4.70 Å². The minimum Gasteiger partial charge on any atom is -0.493 e. The molecule has 3 rings (SSSR count). The molecule has 0 bridgehead atoms. The lowest BCUT2D eigenvalue weighted by Gasteiger charge is -2.12. The third kappa shape index (κ3) is 10.4. The van der Waals surface area contributed by atoms with Gasteiger partial charge in [0.25, 0.3) is 0 Å². The van der Waals surface area contributed by atoms with Crippen molar-refractivity contribution >= 4 is 11.4 Å². The highest BCUT2D eigenvalue weighted by Crippen LogP contribution is 2.44. The fourth-order valence-corrected chi connectivity index (χ4v) is 6.46. The molecule has 42 heavy (non-hydrogen) atoms. The van der Waals surface area contributed by atoms with Crippen LogP contribution < -0.4 is 0 Å².